The molecule has 2 rings (SSSR count). The highest BCUT2D eigenvalue weighted by molar-refractivity contribution is 6.34. The number of nitrogens with one attached hydrogen (secondary N) is 1. The van der Waals surface area contributed by atoms with E-state index in [1.54, 1.807) is 0 Å². The second-order valence-electron chi connectivity index (χ2n) is 4.44. The molecule has 7 heteroatoms. The Kier molecular flexibility index (Phi) is 4.30. The first-order valence-electron chi connectivity index (χ1n) is 5.95. The molecule has 1 N–H and O–H groups in total. The molecule has 0 saturated heterocycles. The molecule has 0 bridgehead atoms. The Labute approximate surface area is 126 Å². The fourth-order valence-corrected chi connectivity index (χ4v) is 2.27. The molecule has 1 amide bonds. The van der Waals surface area contributed by atoms with Crippen LogP contribution in [0.2, 0.25) is 10.3 Å². The average molecular weight is 314 g/mol. The minimum Gasteiger partial charge on any atom is -0.466 e. The summed E-state index contributed by atoms with van der Waals surface area (Å²) in [5.41, 5.74) is 1.11. The van der Waals surface area contributed by atoms with E-state index < -0.39 is 0 Å². The minimum atomic E-state index is -0.363. The van der Waals surface area contributed by atoms with Gasteiger partial charge in [0.15, 0.2) is 10.3 Å². The Bertz CT molecular complexity index is 655. The van der Waals surface area contributed by atoms with E-state index in [0.717, 1.165) is 17.1 Å². The molecule has 1 unspecified atom stereocenters. The Balaban J connectivity index is 2.19. The Morgan fingerprint density at radius 1 is 1.30 bits per heavy atom. The van der Waals surface area contributed by atoms with Gasteiger partial charge in [-0.05, 0) is 32.9 Å². The lowest BCUT2D eigenvalue weighted by Crippen LogP contribution is -2.27. The lowest BCUT2D eigenvalue weighted by molar-refractivity contribution is 0.0939. The van der Waals surface area contributed by atoms with Crippen LogP contribution in [-0.2, 0) is 0 Å². The highest BCUT2D eigenvalue weighted by Crippen LogP contribution is 2.22. The van der Waals surface area contributed by atoms with Gasteiger partial charge in [0.1, 0.15) is 11.5 Å². The highest BCUT2D eigenvalue weighted by atomic mass is 35.5. The van der Waals surface area contributed by atoms with E-state index in [1.165, 1.54) is 6.07 Å². The van der Waals surface area contributed by atoms with Gasteiger partial charge in [0.25, 0.3) is 5.91 Å². The SMILES string of the molecule is Cc1cc(C(C)NC(=O)c2cc(Cl)nnc2Cl)c(C)o1. The molecule has 0 radical (unpaired) electrons. The van der Waals surface area contributed by atoms with Crippen molar-refractivity contribution in [2.75, 3.05) is 0 Å². The largest absolute Gasteiger partial charge is 0.466 e. The third-order valence-electron chi connectivity index (χ3n) is 2.86. The van der Waals surface area contributed by atoms with E-state index in [1.807, 2.05) is 26.8 Å². The number of amides is 1. The second-order valence-corrected chi connectivity index (χ2v) is 5.18. The summed E-state index contributed by atoms with van der Waals surface area (Å²) in [7, 11) is 0. The molecule has 0 aliphatic heterocycles. The Hall–Kier alpha value is -1.59. The van der Waals surface area contributed by atoms with E-state index in [0.29, 0.717) is 0 Å². The smallest absolute Gasteiger partial charge is 0.255 e. The molecule has 0 saturated carbocycles. The van der Waals surface area contributed by atoms with E-state index >= 15 is 0 Å². The molecule has 20 heavy (non-hydrogen) atoms. The number of carbonyl (C=O) groups is 1. The molecule has 2 aromatic rings. The highest BCUT2D eigenvalue weighted by Gasteiger charge is 2.18. The summed E-state index contributed by atoms with van der Waals surface area (Å²) in [5.74, 6) is 1.20. The normalized spacial score (nSPS) is 12.2. The number of rotatable bonds is 3. The maximum absolute atomic E-state index is 12.2. The quantitative estimate of drug-likeness (QED) is 0.941. The van der Waals surface area contributed by atoms with Crippen LogP contribution in [0.4, 0.5) is 0 Å². The number of aryl methyl sites for hydroxylation is 2. The van der Waals surface area contributed by atoms with E-state index in [9.17, 15) is 4.79 Å². The van der Waals surface area contributed by atoms with E-state index in [-0.39, 0.29) is 27.8 Å². The van der Waals surface area contributed by atoms with Crippen molar-refractivity contribution < 1.29 is 9.21 Å². The predicted molar refractivity (Wildman–Crippen MR) is 76.1 cm³/mol. The second kappa shape index (κ2) is 5.81. The fraction of sp³-hybridized carbons (Fsp3) is 0.308. The summed E-state index contributed by atoms with van der Waals surface area (Å²) in [6.45, 7) is 5.57. The molecular formula is C13H13Cl2N3O2. The first kappa shape index (κ1) is 14.8. The van der Waals surface area contributed by atoms with Crippen molar-refractivity contribution in [1.82, 2.24) is 15.5 Å². The van der Waals surface area contributed by atoms with Crippen LogP contribution in [0.5, 0.6) is 0 Å². The summed E-state index contributed by atoms with van der Waals surface area (Å²) in [6.07, 6.45) is 0. The minimum absolute atomic E-state index is 0.0131. The van der Waals surface area contributed by atoms with Crippen LogP contribution in [0.15, 0.2) is 16.5 Å². The number of nitrogens with zero attached hydrogens (tertiary/aromatic N) is 2. The van der Waals surface area contributed by atoms with Crippen molar-refractivity contribution in [1.29, 1.82) is 0 Å². The van der Waals surface area contributed by atoms with Gasteiger partial charge < -0.3 is 9.73 Å². The van der Waals surface area contributed by atoms with E-state index in [4.69, 9.17) is 27.6 Å². The molecule has 5 nitrogen and oxygen atoms in total. The van der Waals surface area contributed by atoms with Gasteiger partial charge in [0.2, 0.25) is 0 Å². The lowest BCUT2D eigenvalue weighted by Gasteiger charge is -2.13. The number of hydrogen-bond donors (Lipinski definition) is 1. The maximum Gasteiger partial charge on any atom is 0.255 e. The zero-order chi connectivity index (χ0) is 14.9. The summed E-state index contributed by atoms with van der Waals surface area (Å²) < 4.78 is 5.44. The van der Waals surface area contributed by atoms with Gasteiger partial charge in [0, 0.05) is 5.56 Å². The molecule has 0 aliphatic rings. The summed E-state index contributed by atoms with van der Waals surface area (Å²) in [5, 5.41) is 10.1. The van der Waals surface area contributed by atoms with Crippen molar-refractivity contribution in [2.45, 2.75) is 26.8 Å². The molecule has 0 aliphatic carbocycles. The molecule has 2 heterocycles. The van der Waals surface area contributed by atoms with Gasteiger partial charge in [-0.25, -0.2) is 0 Å². The Morgan fingerprint density at radius 3 is 2.60 bits per heavy atom. The van der Waals surface area contributed by atoms with Gasteiger partial charge in [-0.2, -0.15) is 0 Å². The predicted octanol–water partition coefficient (Wildman–Crippen LogP) is 3.48. The molecule has 0 aromatic carbocycles. The Morgan fingerprint density at radius 2 is 2.00 bits per heavy atom. The van der Waals surface area contributed by atoms with Crippen LogP contribution >= 0.6 is 23.2 Å². The van der Waals surface area contributed by atoms with Crippen LogP contribution in [0.3, 0.4) is 0 Å². The molecule has 106 valence electrons. The summed E-state index contributed by atoms with van der Waals surface area (Å²) in [6, 6.07) is 3.05. The van der Waals surface area contributed by atoms with E-state index in [2.05, 4.69) is 15.5 Å². The number of carbonyl (C=O) groups excluding carboxylic acids is 1. The van der Waals surface area contributed by atoms with Crippen molar-refractivity contribution in [2.24, 2.45) is 0 Å². The molecule has 2 aromatic heterocycles. The number of hydrogen-bond acceptors (Lipinski definition) is 4. The fourth-order valence-electron chi connectivity index (χ4n) is 1.94. The van der Waals surface area contributed by atoms with Crippen LogP contribution < -0.4 is 5.32 Å². The molecule has 0 spiro atoms. The first-order valence-corrected chi connectivity index (χ1v) is 6.70. The van der Waals surface area contributed by atoms with Gasteiger partial charge in [-0.1, -0.05) is 23.2 Å². The summed E-state index contributed by atoms with van der Waals surface area (Å²) >= 11 is 11.6. The molecule has 0 fully saturated rings. The van der Waals surface area contributed by atoms with Gasteiger partial charge in [0.05, 0.1) is 11.6 Å². The van der Waals surface area contributed by atoms with Gasteiger partial charge >= 0.3 is 0 Å². The third kappa shape index (κ3) is 3.11. The van der Waals surface area contributed by atoms with Crippen LogP contribution in [0, 0.1) is 13.8 Å². The third-order valence-corrected chi connectivity index (χ3v) is 3.32. The molecule has 1 atom stereocenters. The topological polar surface area (TPSA) is 68.0 Å². The average Bonchev–Trinajstić information content (AvgIpc) is 2.71. The monoisotopic (exact) mass is 313 g/mol. The van der Waals surface area contributed by atoms with Crippen LogP contribution in [-0.4, -0.2) is 16.1 Å². The van der Waals surface area contributed by atoms with Crippen molar-refractivity contribution in [3.05, 3.63) is 45.1 Å². The number of aromatic nitrogens is 2. The maximum atomic E-state index is 12.2. The standard InChI is InChI=1S/C13H13Cl2N3O2/c1-6-4-9(8(3)20-6)7(2)16-13(19)10-5-11(14)17-18-12(10)15/h4-5,7H,1-3H3,(H,16,19). The zero-order valence-electron chi connectivity index (χ0n) is 11.2. The summed E-state index contributed by atoms with van der Waals surface area (Å²) in [4.78, 5) is 12.2. The number of halogens is 2. The van der Waals surface area contributed by atoms with Crippen molar-refractivity contribution in [3.8, 4) is 0 Å². The zero-order valence-corrected chi connectivity index (χ0v) is 12.7. The lowest BCUT2D eigenvalue weighted by atomic mass is 10.1. The van der Waals surface area contributed by atoms with Crippen LogP contribution in [0.25, 0.3) is 0 Å². The van der Waals surface area contributed by atoms with Gasteiger partial charge in [-0.3, -0.25) is 4.79 Å². The molecular weight excluding hydrogens is 301 g/mol. The van der Waals surface area contributed by atoms with Gasteiger partial charge in [-0.15, -0.1) is 10.2 Å². The number of furan rings is 1. The van der Waals surface area contributed by atoms with Crippen molar-refractivity contribution >= 4 is 29.1 Å². The van der Waals surface area contributed by atoms with Crippen LogP contribution in [0.1, 0.15) is 40.4 Å². The first-order chi connectivity index (χ1) is 9.38. The van der Waals surface area contributed by atoms with Crippen molar-refractivity contribution in [3.63, 3.8) is 0 Å².